The molecule has 1 aromatic rings. The van der Waals surface area contributed by atoms with Crippen molar-refractivity contribution in [1.29, 1.82) is 5.26 Å². The summed E-state index contributed by atoms with van der Waals surface area (Å²) in [6.07, 6.45) is 2.77. The largest absolute Gasteiger partial charge is 0.423 e. The Morgan fingerprint density at radius 2 is 2.04 bits per heavy atom. The minimum absolute atomic E-state index is 0.156. The molecule has 0 spiro atoms. The summed E-state index contributed by atoms with van der Waals surface area (Å²) in [6, 6.07) is 2.15. The first-order chi connectivity index (χ1) is 11.1. The topological polar surface area (TPSA) is 76.6 Å². The third-order valence-electron chi connectivity index (χ3n) is 4.46. The molecular formula is C16H23N5O2. The molecule has 0 N–H and O–H groups in total. The molecule has 1 aliphatic heterocycles. The summed E-state index contributed by atoms with van der Waals surface area (Å²) in [7, 11) is 3.57. The summed E-state index contributed by atoms with van der Waals surface area (Å²) in [5.41, 5.74) is 0.406. The van der Waals surface area contributed by atoms with Crippen LogP contribution in [0, 0.1) is 11.3 Å². The molecule has 0 atom stereocenters. The lowest BCUT2D eigenvalue weighted by Gasteiger charge is -2.34. The maximum atomic E-state index is 11.7. The van der Waals surface area contributed by atoms with E-state index in [1.165, 1.54) is 0 Å². The van der Waals surface area contributed by atoms with Gasteiger partial charge >= 0.3 is 0 Å². The fraction of sp³-hybridized carbons (Fsp3) is 0.688. The van der Waals surface area contributed by atoms with E-state index in [-0.39, 0.29) is 5.91 Å². The third kappa shape index (κ3) is 3.64. The average Bonchev–Trinajstić information content (AvgIpc) is 3.32. The van der Waals surface area contributed by atoms with Gasteiger partial charge in [-0.3, -0.25) is 9.69 Å². The van der Waals surface area contributed by atoms with Crippen molar-refractivity contribution in [2.45, 2.75) is 25.2 Å². The molecular weight excluding hydrogens is 294 g/mol. The first-order valence-corrected chi connectivity index (χ1v) is 8.16. The Hall–Kier alpha value is -2.07. The van der Waals surface area contributed by atoms with Crippen molar-refractivity contribution in [3.8, 4) is 6.07 Å². The predicted molar refractivity (Wildman–Crippen MR) is 85.2 cm³/mol. The molecule has 2 fully saturated rings. The molecule has 0 unspecified atom stereocenters. The summed E-state index contributed by atoms with van der Waals surface area (Å²) < 4.78 is 5.85. The van der Waals surface area contributed by atoms with Gasteiger partial charge in [-0.1, -0.05) is 0 Å². The van der Waals surface area contributed by atoms with Gasteiger partial charge in [-0.2, -0.15) is 5.26 Å². The quantitative estimate of drug-likeness (QED) is 0.807. The summed E-state index contributed by atoms with van der Waals surface area (Å²) in [6.45, 7) is 4.10. The van der Waals surface area contributed by atoms with Crippen LogP contribution in [0.2, 0.25) is 0 Å². The van der Waals surface area contributed by atoms with Crippen molar-refractivity contribution >= 4 is 11.8 Å². The first kappa shape index (κ1) is 15.8. The number of aromatic nitrogens is 1. The van der Waals surface area contributed by atoms with Crippen molar-refractivity contribution in [3.05, 3.63) is 11.6 Å². The van der Waals surface area contributed by atoms with Crippen LogP contribution in [0.15, 0.2) is 4.42 Å². The van der Waals surface area contributed by atoms with Gasteiger partial charge in [0.05, 0.1) is 0 Å². The highest BCUT2D eigenvalue weighted by molar-refractivity contribution is 5.75. The van der Waals surface area contributed by atoms with E-state index in [0.717, 1.165) is 51.5 Å². The zero-order chi connectivity index (χ0) is 16.4. The lowest BCUT2D eigenvalue weighted by molar-refractivity contribution is -0.129. The molecule has 0 aromatic carbocycles. The maximum absolute atomic E-state index is 11.7. The number of amides is 1. The fourth-order valence-corrected chi connectivity index (χ4v) is 2.77. The number of rotatable bonds is 5. The van der Waals surface area contributed by atoms with Gasteiger partial charge in [0.25, 0.3) is 0 Å². The monoisotopic (exact) mass is 317 g/mol. The predicted octanol–water partition coefficient (Wildman–Crippen LogP) is 1.02. The van der Waals surface area contributed by atoms with Crippen LogP contribution < -0.4 is 4.90 Å². The Kier molecular flexibility index (Phi) is 4.53. The second-order valence-electron chi connectivity index (χ2n) is 6.46. The van der Waals surface area contributed by atoms with Gasteiger partial charge in [0.1, 0.15) is 6.07 Å². The second-order valence-corrected chi connectivity index (χ2v) is 6.46. The molecule has 0 radical (unpaired) electrons. The van der Waals surface area contributed by atoms with Gasteiger partial charge in [0.2, 0.25) is 23.4 Å². The van der Waals surface area contributed by atoms with Gasteiger partial charge < -0.3 is 14.2 Å². The number of piperazine rings is 1. The van der Waals surface area contributed by atoms with Crippen LogP contribution in [-0.2, 0) is 4.79 Å². The molecule has 0 bridgehead atoms. The van der Waals surface area contributed by atoms with Crippen LogP contribution >= 0.6 is 0 Å². The first-order valence-electron chi connectivity index (χ1n) is 8.16. The highest BCUT2D eigenvalue weighted by Gasteiger charge is 2.32. The Morgan fingerprint density at radius 3 is 2.61 bits per heavy atom. The van der Waals surface area contributed by atoms with E-state index in [1.807, 2.05) is 0 Å². The summed E-state index contributed by atoms with van der Waals surface area (Å²) in [4.78, 5) is 22.0. The van der Waals surface area contributed by atoms with Crippen LogP contribution in [0.5, 0.6) is 0 Å². The van der Waals surface area contributed by atoms with Crippen molar-refractivity contribution in [3.63, 3.8) is 0 Å². The van der Waals surface area contributed by atoms with Crippen molar-refractivity contribution in [2.75, 3.05) is 51.7 Å². The molecule has 1 aromatic heterocycles. The van der Waals surface area contributed by atoms with Gasteiger partial charge in [-0.25, -0.2) is 4.98 Å². The minimum Gasteiger partial charge on any atom is -0.423 e. The fourth-order valence-electron chi connectivity index (χ4n) is 2.77. The van der Waals surface area contributed by atoms with Crippen LogP contribution in [0.4, 0.5) is 5.88 Å². The van der Waals surface area contributed by atoms with Crippen molar-refractivity contribution < 1.29 is 9.21 Å². The van der Waals surface area contributed by atoms with E-state index >= 15 is 0 Å². The number of nitrogens with zero attached hydrogens (tertiary/aromatic N) is 5. The van der Waals surface area contributed by atoms with E-state index in [9.17, 15) is 10.1 Å². The molecule has 2 aliphatic rings. The minimum atomic E-state index is 0.156. The number of nitriles is 1. The summed E-state index contributed by atoms with van der Waals surface area (Å²) >= 11 is 0. The molecule has 1 amide bonds. The number of carbonyl (C=O) groups is 1. The Bertz CT molecular complexity index is 606. The van der Waals surface area contributed by atoms with Crippen LogP contribution in [0.3, 0.4) is 0 Å². The number of oxazole rings is 1. The molecule has 1 saturated carbocycles. The summed E-state index contributed by atoms with van der Waals surface area (Å²) in [5, 5.41) is 9.26. The molecule has 124 valence electrons. The standard InChI is InChI=1S/C16H23N5O2/c1-19(2)14(22)5-6-20-7-9-21(10-8-20)16-13(11-17)18-15(23-16)12-3-4-12/h12H,3-10H2,1-2H3. The molecule has 23 heavy (non-hydrogen) atoms. The van der Waals surface area contributed by atoms with Crippen molar-refractivity contribution in [1.82, 2.24) is 14.8 Å². The van der Waals surface area contributed by atoms with Crippen molar-refractivity contribution in [2.24, 2.45) is 0 Å². The lowest BCUT2D eigenvalue weighted by atomic mass is 10.2. The molecule has 1 saturated heterocycles. The average molecular weight is 317 g/mol. The van der Waals surface area contributed by atoms with E-state index in [2.05, 4.69) is 20.9 Å². The highest BCUT2D eigenvalue weighted by atomic mass is 16.4. The number of hydrogen-bond acceptors (Lipinski definition) is 6. The molecule has 2 heterocycles. The Balaban J connectivity index is 1.55. The number of carbonyl (C=O) groups excluding carboxylic acids is 1. The van der Waals surface area contributed by atoms with Crippen LogP contribution in [0.1, 0.15) is 36.8 Å². The second kappa shape index (κ2) is 6.59. The molecule has 1 aliphatic carbocycles. The zero-order valence-corrected chi connectivity index (χ0v) is 13.8. The van der Waals surface area contributed by atoms with Crippen LogP contribution in [-0.4, -0.2) is 67.5 Å². The highest BCUT2D eigenvalue weighted by Crippen LogP contribution is 2.41. The zero-order valence-electron chi connectivity index (χ0n) is 13.8. The van der Waals surface area contributed by atoms with Gasteiger partial charge in [-0.15, -0.1) is 0 Å². The summed E-state index contributed by atoms with van der Waals surface area (Å²) in [5.74, 6) is 1.91. The van der Waals surface area contributed by atoms with E-state index < -0.39 is 0 Å². The molecule has 3 rings (SSSR count). The molecule has 7 heteroatoms. The SMILES string of the molecule is CN(C)C(=O)CCN1CCN(c2oc(C3CC3)nc2C#N)CC1. The van der Waals surface area contributed by atoms with Gasteiger partial charge in [0.15, 0.2) is 0 Å². The van der Waals surface area contributed by atoms with Gasteiger partial charge in [0, 0.05) is 59.2 Å². The van der Waals surface area contributed by atoms with Crippen LogP contribution in [0.25, 0.3) is 0 Å². The van der Waals surface area contributed by atoms with E-state index in [0.29, 0.717) is 23.9 Å². The number of anilines is 1. The van der Waals surface area contributed by atoms with Gasteiger partial charge in [-0.05, 0) is 12.8 Å². The van der Waals surface area contributed by atoms with E-state index in [4.69, 9.17) is 4.42 Å². The third-order valence-corrected chi connectivity index (χ3v) is 4.46. The maximum Gasteiger partial charge on any atom is 0.234 e. The molecule has 7 nitrogen and oxygen atoms in total. The number of hydrogen-bond donors (Lipinski definition) is 0. The Labute approximate surface area is 136 Å². The van der Waals surface area contributed by atoms with E-state index in [1.54, 1.807) is 19.0 Å². The Morgan fingerprint density at radius 1 is 1.35 bits per heavy atom. The normalized spacial score (nSPS) is 18.7. The lowest BCUT2D eigenvalue weighted by Crippen LogP contribution is -2.47. The smallest absolute Gasteiger partial charge is 0.234 e.